The highest BCUT2D eigenvalue weighted by Gasteiger charge is 2.17. The predicted octanol–water partition coefficient (Wildman–Crippen LogP) is 3.48. The van der Waals surface area contributed by atoms with E-state index in [1.54, 1.807) is 30.3 Å². The van der Waals surface area contributed by atoms with Gasteiger partial charge in [-0.2, -0.15) is 0 Å². The molecule has 23 heavy (non-hydrogen) atoms. The van der Waals surface area contributed by atoms with Gasteiger partial charge in [-0.25, -0.2) is 4.98 Å². The van der Waals surface area contributed by atoms with Crippen molar-refractivity contribution < 1.29 is 9.53 Å². The zero-order chi connectivity index (χ0) is 16.2. The smallest absolute Gasteiger partial charge is 0.257 e. The normalized spacial score (nSPS) is 14.6. The molecule has 120 valence electrons. The first kappa shape index (κ1) is 16.1. The van der Waals surface area contributed by atoms with Gasteiger partial charge in [0.15, 0.2) is 0 Å². The summed E-state index contributed by atoms with van der Waals surface area (Å²) in [5.41, 5.74) is 1.02. The van der Waals surface area contributed by atoms with Gasteiger partial charge in [-0.3, -0.25) is 4.79 Å². The van der Waals surface area contributed by atoms with Crippen LogP contribution in [-0.2, 0) is 4.74 Å². The van der Waals surface area contributed by atoms with Crippen molar-refractivity contribution in [3.63, 3.8) is 0 Å². The molecule has 0 spiro atoms. The summed E-state index contributed by atoms with van der Waals surface area (Å²) in [6.45, 7) is 2.77. The lowest BCUT2D eigenvalue weighted by molar-refractivity contribution is 0.102. The van der Waals surface area contributed by atoms with Crippen molar-refractivity contribution in [1.82, 2.24) is 4.98 Å². The average molecular weight is 352 g/mol. The van der Waals surface area contributed by atoms with Crippen LogP contribution in [0.1, 0.15) is 10.4 Å². The number of rotatable bonds is 3. The van der Waals surface area contributed by atoms with Crippen LogP contribution >= 0.6 is 23.2 Å². The quantitative estimate of drug-likeness (QED) is 0.919. The van der Waals surface area contributed by atoms with Gasteiger partial charge in [0.25, 0.3) is 5.91 Å². The molecule has 1 amide bonds. The molecule has 0 radical (unpaired) electrons. The summed E-state index contributed by atoms with van der Waals surface area (Å²) in [5, 5.41) is 3.78. The third kappa shape index (κ3) is 3.93. The highest BCUT2D eigenvalue weighted by Crippen LogP contribution is 2.25. The van der Waals surface area contributed by atoms with Crippen LogP contribution < -0.4 is 10.2 Å². The lowest BCUT2D eigenvalue weighted by Crippen LogP contribution is -2.37. The number of hydrogen-bond acceptors (Lipinski definition) is 4. The van der Waals surface area contributed by atoms with Crippen molar-refractivity contribution in [2.75, 3.05) is 36.5 Å². The Morgan fingerprint density at radius 3 is 2.70 bits per heavy atom. The Morgan fingerprint density at radius 1 is 1.22 bits per heavy atom. The van der Waals surface area contributed by atoms with Crippen molar-refractivity contribution in [3.05, 3.63) is 52.1 Å². The number of pyridine rings is 1. The van der Waals surface area contributed by atoms with Crippen LogP contribution in [-0.4, -0.2) is 37.2 Å². The van der Waals surface area contributed by atoms with Gasteiger partial charge in [0.2, 0.25) is 0 Å². The average Bonchev–Trinajstić information content (AvgIpc) is 2.55. The Balaban J connectivity index is 1.75. The van der Waals surface area contributed by atoms with Crippen LogP contribution in [0, 0.1) is 0 Å². The number of carbonyl (C=O) groups excluding carboxylic acids is 1. The number of carbonyl (C=O) groups is 1. The number of benzene rings is 1. The van der Waals surface area contributed by atoms with Gasteiger partial charge in [-0.15, -0.1) is 0 Å². The summed E-state index contributed by atoms with van der Waals surface area (Å²) >= 11 is 12.2. The molecule has 0 aliphatic carbocycles. The van der Waals surface area contributed by atoms with Gasteiger partial charge in [0.05, 0.1) is 23.8 Å². The van der Waals surface area contributed by atoms with E-state index in [1.807, 2.05) is 4.90 Å². The van der Waals surface area contributed by atoms with Crippen molar-refractivity contribution >= 4 is 40.6 Å². The standard InChI is InChI=1S/C16H15Cl2N3O2/c17-12-2-1-3-13(9-12)20-16(22)11-8-14(18)15(19-10-11)21-4-6-23-7-5-21/h1-3,8-10H,4-7H2,(H,20,22). The molecule has 0 saturated carbocycles. The van der Waals surface area contributed by atoms with Gasteiger partial charge >= 0.3 is 0 Å². The number of ether oxygens (including phenoxy) is 1. The van der Waals surface area contributed by atoms with E-state index < -0.39 is 0 Å². The van der Waals surface area contributed by atoms with Crippen LogP contribution in [0.3, 0.4) is 0 Å². The van der Waals surface area contributed by atoms with Gasteiger partial charge in [0.1, 0.15) is 5.82 Å². The molecule has 5 nitrogen and oxygen atoms in total. The van der Waals surface area contributed by atoms with Gasteiger partial charge < -0.3 is 15.0 Å². The second kappa shape index (κ2) is 7.17. The fraction of sp³-hybridized carbons (Fsp3) is 0.250. The molecule has 1 aliphatic rings. The third-order valence-corrected chi connectivity index (χ3v) is 3.99. The van der Waals surface area contributed by atoms with Crippen LogP contribution in [0.5, 0.6) is 0 Å². The van der Waals surface area contributed by atoms with Crippen molar-refractivity contribution in [3.8, 4) is 0 Å². The first-order valence-electron chi connectivity index (χ1n) is 7.18. The highest BCUT2D eigenvalue weighted by atomic mass is 35.5. The summed E-state index contributed by atoms with van der Waals surface area (Å²) in [5.74, 6) is 0.393. The molecular weight excluding hydrogens is 337 g/mol. The zero-order valence-corrected chi connectivity index (χ0v) is 13.8. The number of nitrogens with zero attached hydrogens (tertiary/aromatic N) is 2. The molecule has 1 fully saturated rings. The van der Waals surface area contributed by atoms with Crippen LogP contribution in [0.4, 0.5) is 11.5 Å². The summed E-state index contributed by atoms with van der Waals surface area (Å²) in [4.78, 5) is 18.7. The van der Waals surface area contributed by atoms with Crippen molar-refractivity contribution in [1.29, 1.82) is 0 Å². The number of aromatic nitrogens is 1. The Hall–Kier alpha value is -1.82. The Bertz CT molecular complexity index is 718. The van der Waals surface area contributed by atoms with Gasteiger partial charge in [-0.1, -0.05) is 29.3 Å². The van der Waals surface area contributed by atoms with Crippen LogP contribution in [0.15, 0.2) is 36.5 Å². The lowest BCUT2D eigenvalue weighted by Gasteiger charge is -2.28. The molecule has 1 aliphatic heterocycles. The molecule has 2 aromatic rings. The molecule has 0 bridgehead atoms. The Kier molecular flexibility index (Phi) is 5.00. The molecular formula is C16H15Cl2N3O2. The zero-order valence-electron chi connectivity index (χ0n) is 12.3. The first-order valence-corrected chi connectivity index (χ1v) is 7.94. The topological polar surface area (TPSA) is 54.5 Å². The van der Waals surface area contributed by atoms with E-state index in [0.29, 0.717) is 40.3 Å². The summed E-state index contributed by atoms with van der Waals surface area (Å²) < 4.78 is 5.31. The van der Waals surface area contributed by atoms with Crippen molar-refractivity contribution in [2.24, 2.45) is 0 Å². The number of amides is 1. The maximum Gasteiger partial charge on any atom is 0.257 e. The molecule has 1 aromatic heterocycles. The number of hydrogen-bond donors (Lipinski definition) is 1. The SMILES string of the molecule is O=C(Nc1cccc(Cl)c1)c1cnc(N2CCOCC2)c(Cl)c1. The predicted molar refractivity (Wildman–Crippen MR) is 91.7 cm³/mol. The van der Waals surface area contributed by atoms with Gasteiger partial charge in [0, 0.05) is 30.0 Å². The fourth-order valence-corrected chi connectivity index (χ4v) is 2.81. The van der Waals surface area contributed by atoms with E-state index in [9.17, 15) is 4.79 Å². The minimum Gasteiger partial charge on any atom is -0.378 e. The molecule has 0 atom stereocenters. The monoisotopic (exact) mass is 351 g/mol. The Morgan fingerprint density at radius 2 is 2.00 bits per heavy atom. The summed E-state index contributed by atoms with van der Waals surface area (Å²) in [6, 6.07) is 8.58. The van der Waals surface area contributed by atoms with E-state index >= 15 is 0 Å². The molecule has 0 unspecified atom stereocenters. The highest BCUT2D eigenvalue weighted by molar-refractivity contribution is 6.33. The molecule has 7 heteroatoms. The molecule has 1 saturated heterocycles. The third-order valence-electron chi connectivity index (χ3n) is 3.48. The first-order chi connectivity index (χ1) is 11.1. The van der Waals surface area contributed by atoms with E-state index in [0.717, 1.165) is 13.1 Å². The fourth-order valence-electron chi connectivity index (χ4n) is 2.33. The Labute approximate surface area is 144 Å². The molecule has 1 aromatic carbocycles. The van der Waals surface area contributed by atoms with E-state index in [-0.39, 0.29) is 5.91 Å². The number of nitrogens with one attached hydrogen (secondary N) is 1. The van der Waals surface area contributed by atoms with Crippen LogP contribution in [0.25, 0.3) is 0 Å². The minimum absolute atomic E-state index is 0.282. The van der Waals surface area contributed by atoms with Crippen LogP contribution in [0.2, 0.25) is 10.0 Å². The van der Waals surface area contributed by atoms with E-state index in [2.05, 4.69) is 10.3 Å². The molecule has 2 heterocycles. The maximum absolute atomic E-state index is 12.3. The summed E-state index contributed by atoms with van der Waals surface area (Å²) in [6.07, 6.45) is 1.52. The second-order valence-electron chi connectivity index (χ2n) is 5.09. The number of morpholine rings is 1. The molecule has 1 N–H and O–H groups in total. The molecule has 3 rings (SSSR count). The van der Waals surface area contributed by atoms with Crippen molar-refractivity contribution in [2.45, 2.75) is 0 Å². The second-order valence-corrected chi connectivity index (χ2v) is 5.94. The largest absolute Gasteiger partial charge is 0.378 e. The van der Waals surface area contributed by atoms with E-state index in [4.69, 9.17) is 27.9 Å². The maximum atomic E-state index is 12.3. The number of halogens is 2. The lowest BCUT2D eigenvalue weighted by atomic mass is 10.2. The van der Waals surface area contributed by atoms with E-state index in [1.165, 1.54) is 6.20 Å². The van der Waals surface area contributed by atoms with Gasteiger partial charge in [-0.05, 0) is 24.3 Å². The summed E-state index contributed by atoms with van der Waals surface area (Å²) in [7, 11) is 0. The minimum atomic E-state index is -0.282. The number of anilines is 2.